The summed E-state index contributed by atoms with van der Waals surface area (Å²) in [7, 11) is 1.71. The van der Waals surface area contributed by atoms with E-state index < -0.39 is 0 Å². The molecule has 1 heterocycles. The highest BCUT2D eigenvalue weighted by Gasteiger charge is 2.34. The smallest absolute Gasteiger partial charge is 0.191 e. The second kappa shape index (κ2) is 9.96. The van der Waals surface area contributed by atoms with Gasteiger partial charge in [-0.2, -0.15) is 0 Å². The third-order valence-electron chi connectivity index (χ3n) is 3.56. The van der Waals surface area contributed by atoms with Gasteiger partial charge in [0.1, 0.15) is 0 Å². The Morgan fingerprint density at radius 2 is 2.30 bits per heavy atom. The molecule has 3 N–H and O–H groups in total. The van der Waals surface area contributed by atoms with Gasteiger partial charge in [-0.1, -0.05) is 0 Å². The van der Waals surface area contributed by atoms with E-state index in [4.69, 9.17) is 9.47 Å². The summed E-state index contributed by atoms with van der Waals surface area (Å²) in [6, 6.07) is 0. The Morgan fingerprint density at radius 1 is 1.45 bits per heavy atom. The molecule has 1 atom stereocenters. The van der Waals surface area contributed by atoms with Crippen LogP contribution in [0, 0.1) is 5.41 Å². The van der Waals surface area contributed by atoms with Gasteiger partial charge in [-0.25, -0.2) is 0 Å². The largest absolute Gasteiger partial charge is 0.396 e. The summed E-state index contributed by atoms with van der Waals surface area (Å²) in [5, 5.41) is 15.7. The topological polar surface area (TPSA) is 75.1 Å². The average molecular weight is 287 g/mol. The molecule has 1 aliphatic heterocycles. The Labute approximate surface area is 121 Å². The molecule has 0 aromatic heterocycles. The first-order valence-corrected chi connectivity index (χ1v) is 7.46. The van der Waals surface area contributed by atoms with Crippen LogP contribution in [0.5, 0.6) is 0 Å². The Kier molecular flexibility index (Phi) is 8.57. The summed E-state index contributed by atoms with van der Waals surface area (Å²) in [6.07, 6.45) is 2.67. The highest BCUT2D eigenvalue weighted by atomic mass is 16.5. The van der Waals surface area contributed by atoms with Gasteiger partial charge in [0, 0.05) is 45.4 Å². The van der Waals surface area contributed by atoms with Crippen LogP contribution >= 0.6 is 0 Å². The first kappa shape index (κ1) is 17.2. The molecule has 1 fully saturated rings. The van der Waals surface area contributed by atoms with Gasteiger partial charge in [-0.15, -0.1) is 0 Å². The molecule has 6 nitrogen and oxygen atoms in total. The minimum Gasteiger partial charge on any atom is -0.396 e. The molecule has 0 saturated carbocycles. The summed E-state index contributed by atoms with van der Waals surface area (Å²) in [5.74, 6) is 0.827. The lowest BCUT2D eigenvalue weighted by molar-refractivity contribution is 0.131. The van der Waals surface area contributed by atoms with E-state index in [2.05, 4.69) is 22.5 Å². The van der Waals surface area contributed by atoms with Crippen molar-refractivity contribution in [3.8, 4) is 0 Å². The van der Waals surface area contributed by atoms with Crippen molar-refractivity contribution >= 4 is 5.96 Å². The molecule has 1 rings (SSSR count). The third kappa shape index (κ3) is 6.07. The maximum Gasteiger partial charge on any atom is 0.191 e. The monoisotopic (exact) mass is 287 g/mol. The maximum absolute atomic E-state index is 9.21. The molecule has 0 aromatic rings. The van der Waals surface area contributed by atoms with E-state index in [9.17, 15) is 5.11 Å². The summed E-state index contributed by atoms with van der Waals surface area (Å²) >= 11 is 0. The second-order valence-corrected chi connectivity index (χ2v) is 5.24. The van der Waals surface area contributed by atoms with Crippen LogP contribution in [0.4, 0.5) is 0 Å². The molecule has 0 aliphatic carbocycles. The number of rotatable bonds is 9. The first-order valence-electron chi connectivity index (χ1n) is 7.46. The number of ether oxygens (including phenoxy) is 2. The fraction of sp³-hybridized carbons (Fsp3) is 0.929. The van der Waals surface area contributed by atoms with E-state index >= 15 is 0 Å². The van der Waals surface area contributed by atoms with E-state index in [-0.39, 0.29) is 12.0 Å². The zero-order valence-electron chi connectivity index (χ0n) is 12.8. The fourth-order valence-electron chi connectivity index (χ4n) is 2.30. The molecule has 118 valence electrons. The minimum absolute atomic E-state index is 0.00360. The zero-order chi connectivity index (χ0) is 14.7. The van der Waals surface area contributed by atoms with Crippen molar-refractivity contribution in [2.75, 3.05) is 53.2 Å². The zero-order valence-corrected chi connectivity index (χ0v) is 12.8. The van der Waals surface area contributed by atoms with E-state index in [0.717, 1.165) is 51.5 Å². The molecule has 1 saturated heterocycles. The van der Waals surface area contributed by atoms with Crippen molar-refractivity contribution in [2.45, 2.75) is 26.2 Å². The van der Waals surface area contributed by atoms with Crippen LogP contribution in [-0.2, 0) is 9.47 Å². The van der Waals surface area contributed by atoms with Gasteiger partial charge in [0.15, 0.2) is 5.96 Å². The van der Waals surface area contributed by atoms with Crippen molar-refractivity contribution in [3.05, 3.63) is 0 Å². The van der Waals surface area contributed by atoms with Gasteiger partial charge in [0.05, 0.1) is 13.2 Å². The van der Waals surface area contributed by atoms with Gasteiger partial charge < -0.3 is 25.2 Å². The predicted octanol–water partition coefficient (Wildman–Crippen LogP) is 0.367. The normalized spacial score (nSPS) is 23.1. The number of aliphatic hydroxyl groups is 1. The van der Waals surface area contributed by atoms with E-state index in [1.807, 2.05) is 0 Å². The van der Waals surface area contributed by atoms with Crippen LogP contribution in [0.1, 0.15) is 26.2 Å². The Morgan fingerprint density at radius 3 is 2.90 bits per heavy atom. The Hall–Kier alpha value is -0.850. The molecule has 1 aliphatic rings. The minimum atomic E-state index is 0.00360. The van der Waals surface area contributed by atoms with Crippen molar-refractivity contribution in [1.82, 2.24) is 10.6 Å². The number of nitrogens with one attached hydrogen (secondary N) is 2. The average Bonchev–Trinajstić information content (AvgIpc) is 2.90. The second-order valence-electron chi connectivity index (χ2n) is 5.24. The van der Waals surface area contributed by atoms with Crippen LogP contribution in [0.25, 0.3) is 0 Å². The van der Waals surface area contributed by atoms with Gasteiger partial charge in [0.2, 0.25) is 0 Å². The predicted molar refractivity (Wildman–Crippen MR) is 80.0 cm³/mol. The number of guanidine groups is 1. The van der Waals surface area contributed by atoms with Crippen LogP contribution in [-0.4, -0.2) is 64.2 Å². The van der Waals surface area contributed by atoms with Gasteiger partial charge in [-0.05, 0) is 26.2 Å². The number of methoxy groups -OCH3 is 1. The molecule has 0 aromatic carbocycles. The van der Waals surface area contributed by atoms with Crippen LogP contribution in [0.15, 0.2) is 4.99 Å². The quantitative estimate of drug-likeness (QED) is 0.324. The SMILES string of the molecule is CCNC(=NCC1(CCO)CCOC1)NCCCOC. The third-order valence-corrected chi connectivity index (χ3v) is 3.56. The Balaban J connectivity index is 2.46. The van der Waals surface area contributed by atoms with Crippen molar-refractivity contribution in [3.63, 3.8) is 0 Å². The number of hydrogen-bond donors (Lipinski definition) is 3. The van der Waals surface area contributed by atoms with Crippen LogP contribution in [0.3, 0.4) is 0 Å². The molecule has 20 heavy (non-hydrogen) atoms. The fourth-order valence-corrected chi connectivity index (χ4v) is 2.30. The maximum atomic E-state index is 9.21. The Bertz CT molecular complexity index is 279. The summed E-state index contributed by atoms with van der Waals surface area (Å²) in [4.78, 5) is 4.65. The molecular formula is C14H29N3O3. The molecule has 0 bridgehead atoms. The number of aliphatic imine (C=N–C) groups is 1. The van der Waals surface area contributed by atoms with Crippen LogP contribution in [0.2, 0.25) is 0 Å². The molecule has 1 unspecified atom stereocenters. The van der Waals surface area contributed by atoms with E-state index in [1.54, 1.807) is 7.11 Å². The highest BCUT2D eigenvalue weighted by Crippen LogP contribution is 2.32. The standard InChI is InChI=1S/C14H29N3O3/c1-3-15-13(16-7-4-9-19-2)17-11-14(5-8-18)6-10-20-12-14/h18H,3-12H2,1-2H3,(H2,15,16,17). The number of hydrogen-bond acceptors (Lipinski definition) is 4. The van der Waals surface area contributed by atoms with Crippen molar-refractivity contribution in [1.29, 1.82) is 0 Å². The number of aliphatic hydroxyl groups excluding tert-OH is 1. The van der Waals surface area contributed by atoms with Crippen LogP contribution < -0.4 is 10.6 Å². The van der Waals surface area contributed by atoms with E-state index in [1.165, 1.54) is 0 Å². The van der Waals surface area contributed by atoms with Gasteiger partial charge in [-0.3, -0.25) is 4.99 Å². The lowest BCUT2D eigenvalue weighted by Gasteiger charge is -2.24. The summed E-state index contributed by atoms with van der Waals surface area (Å²) in [5.41, 5.74) is 0.00360. The van der Waals surface area contributed by atoms with E-state index in [0.29, 0.717) is 13.2 Å². The number of nitrogens with zero attached hydrogens (tertiary/aromatic N) is 1. The lowest BCUT2D eigenvalue weighted by atomic mass is 9.84. The lowest BCUT2D eigenvalue weighted by Crippen LogP contribution is -2.39. The van der Waals surface area contributed by atoms with Crippen molar-refractivity contribution < 1.29 is 14.6 Å². The molecular weight excluding hydrogens is 258 g/mol. The summed E-state index contributed by atoms with van der Waals surface area (Å²) < 4.78 is 10.5. The first-order chi connectivity index (χ1) is 9.76. The highest BCUT2D eigenvalue weighted by molar-refractivity contribution is 5.79. The summed E-state index contributed by atoms with van der Waals surface area (Å²) in [6.45, 7) is 6.81. The molecule has 0 spiro atoms. The molecule has 0 radical (unpaired) electrons. The van der Waals surface area contributed by atoms with Crippen molar-refractivity contribution in [2.24, 2.45) is 10.4 Å². The van der Waals surface area contributed by atoms with Gasteiger partial charge >= 0.3 is 0 Å². The molecule has 6 heteroatoms. The molecule has 0 amide bonds. The van der Waals surface area contributed by atoms with Gasteiger partial charge in [0.25, 0.3) is 0 Å².